The highest BCUT2D eigenvalue weighted by Gasteiger charge is 2.17. The highest BCUT2D eigenvalue weighted by molar-refractivity contribution is 5.52. The van der Waals surface area contributed by atoms with E-state index < -0.39 is 0 Å². The highest BCUT2D eigenvalue weighted by Crippen LogP contribution is 2.21. The van der Waals surface area contributed by atoms with Crippen LogP contribution in [0.25, 0.3) is 0 Å². The van der Waals surface area contributed by atoms with Gasteiger partial charge in [-0.1, -0.05) is 56.5 Å². The van der Waals surface area contributed by atoms with E-state index in [9.17, 15) is 0 Å². The van der Waals surface area contributed by atoms with E-state index in [0.29, 0.717) is 0 Å². The molecule has 0 aromatic heterocycles. The lowest BCUT2D eigenvalue weighted by molar-refractivity contribution is 0.653. The summed E-state index contributed by atoms with van der Waals surface area (Å²) in [4.78, 5) is 5.00. The van der Waals surface area contributed by atoms with Gasteiger partial charge in [0.2, 0.25) is 0 Å². The molecule has 1 aliphatic heterocycles. The lowest BCUT2D eigenvalue weighted by atomic mass is 10.1. The molecule has 0 aliphatic carbocycles. The van der Waals surface area contributed by atoms with Crippen molar-refractivity contribution in [3.63, 3.8) is 0 Å². The van der Waals surface area contributed by atoms with Crippen LogP contribution < -0.4 is 9.80 Å². The Balaban J connectivity index is 1.49. The third kappa shape index (κ3) is 4.53. The summed E-state index contributed by atoms with van der Waals surface area (Å²) in [5, 5.41) is 0. The summed E-state index contributed by atoms with van der Waals surface area (Å²) in [7, 11) is 0. The number of anilines is 2. The van der Waals surface area contributed by atoms with E-state index in [4.69, 9.17) is 0 Å². The molecule has 0 unspecified atom stereocenters. The molecule has 1 saturated heterocycles. The van der Waals surface area contributed by atoms with Crippen molar-refractivity contribution < 1.29 is 0 Å². The minimum absolute atomic E-state index is 1.10. The zero-order valence-corrected chi connectivity index (χ0v) is 15.0. The molecular formula is C22H30N2. The first-order chi connectivity index (χ1) is 11.9. The van der Waals surface area contributed by atoms with Gasteiger partial charge in [0.25, 0.3) is 0 Å². The molecule has 0 radical (unpaired) electrons. The van der Waals surface area contributed by atoms with Crippen LogP contribution in [0.2, 0.25) is 0 Å². The van der Waals surface area contributed by atoms with E-state index in [2.05, 4.69) is 71.3 Å². The fraction of sp³-hybridized carbons (Fsp3) is 0.455. The van der Waals surface area contributed by atoms with E-state index >= 15 is 0 Å². The molecule has 3 rings (SSSR count). The molecule has 0 saturated carbocycles. The van der Waals surface area contributed by atoms with Crippen molar-refractivity contribution >= 4 is 11.4 Å². The monoisotopic (exact) mass is 322 g/mol. The van der Waals surface area contributed by atoms with Gasteiger partial charge in [-0.2, -0.15) is 0 Å². The van der Waals surface area contributed by atoms with Crippen molar-refractivity contribution in [2.75, 3.05) is 36.0 Å². The number of benzene rings is 2. The molecule has 0 amide bonds. The second kappa shape index (κ2) is 8.77. The van der Waals surface area contributed by atoms with Gasteiger partial charge in [0, 0.05) is 37.6 Å². The van der Waals surface area contributed by atoms with Crippen molar-refractivity contribution in [3.8, 4) is 0 Å². The summed E-state index contributed by atoms with van der Waals surface area (Å²) in [6.45, 7) is 6.67. The van der Waals surface area contributed by atoms with E-state index in [1.807, 2.05) is 0 Å². The number of piperazine rings is 1. The summed E-state index contributed by atoms with van der Waals surface area (Å²) < 4.78 is 0. The smallest absolute Gasteiger partial charge is 0.0367 e. The molecule has 24 heavy (non-hydrogen) atoms. The Labute approximate surface area is 147 Å². The van der Waals surface area contributed by atoms with Gasteiger partial charge in [-0.3, -0.25) is 0 Å². The van der Waals surface area contributed by atoms with Crippen LogP contribution in [0.5, 0.6) is 0 Å². The van der Waals surface area contributed by atoms with Crippen LogP contribution in [0.1, 0.15) is 38.2 Å². The molecule has 0 N–H and O–H groups in total. The average Bonchev–Trinajstić information content (AvgIpc) is 2.67. The number of aryl methyl sites for hydroxylation is 1. The number of hydrogen-bond donors (Lipinski definition) is 0. The molecule has 2 aromatic carbocycles. The van der Waals surface area contributed by atoms with Gasteiger partial charge in [-0.15, -0.1) is 0 Å². The topological polar surface area (TPSA) is 6.48 Å². The van der Waals surface area contributed by atoms with Gasteiger partial charge < -0.3 is 9.80 Å². The second-order valence-corrected chi connectivity index (χ2v) is 6.79. The molecule has 2 aromatic rings. The summed E-state index contributed by atoms with van der Waals surface area (Å²) in [5.74, 6) is 0. The van der Waals surface area contributed by atoms with Crippen LogP contribution in [0.3, 0.4) is 0 Å². The molecule has 0 spiro atoms. The third-order valence-electron chi connectivity index (χ3n) is 5.02. The van der Waals surface area contributed by atoms with Crippen molar-refractivity contribution in [2.45, 2.75) is 39.0 Å². The van der Waals surface area contributed by atoms with Gasteiger partial charge in [0.05, 0.1) is 0 Å². The van der Waals surface area contributed by atoms with Gasteiger partial charge >= 0.3 is 0 Å². The quantitative estimate of drug-likeness (QED) is 0.652. The molecule has 0 atom stereocenters. The van der Waals surface area contributed by atoms with Crippen LogP contribution in [0, 0.1) is 0 Å². The number of rotatable bonds is 7. The molecule has 0 bridgehead atoms. The van der Waals surface area contributed by atoms with E-state index in [0.717, 1.165) is 26.2 Å². The maximum atomic E-state index is 2.51. The molecular weight excluding hydrogens is 292 g/mol. The Hall–Kier alpha value is -1.96. The fourth-order valence-electron chi connectivity index (χ4n) is 3.49. The molecule has 2 heteroatoms. The van der Waals surface area contributed by atoms with E-state index in [1.54, 1.807) is 0 Å². The number of unbranched alkanes of at least 4 members (excludes halogenated alkanes) is 3. The molecule has 1 heterocycles. The highest BCUT2D eigenvalue weighted by atomic mass is 15.3. The van der Waals surface area contributed by atoms with Crippen molar-refractivity contribution in [1.29, 1.82) is 0 Å². The SMILES string of the molecule is CCCCCCc1ccc(N2CCN(c3ccccc3)CC2)cc1. The Bertz CT molecular complexity index is 583. The normalized spacial score (nSPS) is 14.9. The number of hydrogen-bond acceptors (Lipinski definition) is 2. The lowest BCUT2D eigenvalue weighted by Gasteiger charge is -2.37. The molecule has 1 aliphatic rings. The maximum absolute atomic E-state index is 2.51. The van der Waals surface area contributed by atoms with Crippen molar-refractivity contribution in [3.05, 3.63) is 60.2 Å². The van der Waals surface area contributed by atoms with Crippen LogP contribution in [-0.4, -0.2) is 26.2 Å². The van der Waals surface area contributed by atoms with Crippen molar-refractivity contribution in [2.24, 2.45) is 0 Å². The molecule has 128 valence electrons. The molecule has 2 nitrogen and oxygen atoms in total. The standard InChI is InChI=1S/C22H30N2/c1-2-3-4-6-9-20-12-14-22(15-13-20)24-18-16-23(17-19-24)21-10-7-5-8-11-21/h5,7-8,10-15H,2-4,6,9,16-19H2,1H3. The Kier molecular flexibility index (Phi) is 6.17. The predicted molar refractivity (Wildman–Crippen MR) is 105 cm³/mol. The number of para-hydroxylation sites is 1. The first-order valence-electron chi connectivity index (χ1n) is 9.50. The van der Waals surface area contributed by atoms with Crippen LogP contribution in [0.15, 0.2) is 54.6 Å². The summed E-state index contributed by atoms with van der Waals surface area (Å²) in [6.07, 6.45) is 6.59. The van der Waals surface area contributed by atoms with Gasteiger partial charge in [-0.05, 0) is 42.7 Å². The third-order valence-corrected chi connectivity index (χ3v) is 5.02. The van der Waals surface area contributed by atoms with Crippen molar-refractivity contribution in [1.82, 2.24) is 0 Å². The predicted octanol–water partition coefficient (Wildman–Crippen LogP) is 5.14. The second-order valence-electron chi connectivity index (χ2n) is 6.79. The average molecular weight is 322 g/mol. The first kappa shape index (κ1) is 16.9. The zero-order valence-electron chi connectivity index (χ0n) is 15.0. The van der Waals surface area contributed by atoms with Crippen LogP contribution in [0.4, 0.5) is 11.4 Å². The zero-order chi connectivity index (χ0) is 16.6. The Morgan fingerprint density at radius 2 is 1.25 bits per heavy atom. The number of nitrogens with zero attached hydrogens (tertiary/aromatic N) is 2. The first-order valence-corrected chi connectivity index (χ1v) is 9.50. The Morgan fingerprint density at radius 1 is 0.667 bits per heavy atom. The maximum Gasteiger partial charge on any atom is 0.0367 e. The Morgan fingerprint density at radius 3 is 1.83 bits per heavy atom. The minimum Gasteiger partial charge on any atom is -0.368 e. The summed E-state index contributed by atoms with van der Waals surface area (Å²) in [6, 6.07) is 20.0. The summed E-state index contributed by atoms with van der Waals surface area (Å²) >= 11 is 0. The van der Waals surface area contributed by atoms with Gasteiger partial charge in [-0.25, -0.2) is 0 Å². The van der Waals surface area contributed by atoms with Crippen LogP contribution >= 0.6 is 0 Å². The largest absolute Gasteiger partial charge is 0.368 e. The van der Waals surface area contributed by atoms with Gasteiger partial charge in [0.1, 0.15) is 0 Å². The van der Waals surface area contributed by atoms with Crippen LogP contribution in [-0.2, 0) is 6.42 Å². The van der Waals surface area contributed by atoms with E-state index in [-0.39, 0.29) is 0 Å². The fourth-order valence-corrected chi connectivity index (χ4v) is 3.49. The van der Waals surface area contributed by atoms with Gasteiger partial charge in [0.15, 0.2) is 0 Å². The summed E-state index contributed by atoms with van der Waals surface area (Å²) in [5.41, 5.74) is 4.21. The minimum atomic E-state index is 1.10. The molecule has 1 fully saturated rings. The lowest BCUT2D eigenvalue weighted by Crippen LogP contribution is -2.46. The van der Waals surface area contributed by atoms with E-state index in [1.165, 1.54) is 49.0 Å².